The Bertz CT molecular complexity index is 788. The van der Waals surface area contributed by atoms with Gasteiger partial charge < -0.3 is 9.47 Å². The van der Waals surface area contributed by atoms with E-state index < -0.39 is 10.8 Å². The zero-order valence-corrected chi connectivity index (χ0v) is 15.4. The van der Waals surface area contributed by atoms with Gasteiger partial charge in [-0.15, -0.1) is 11.6 Å². The van der Waals surface area contributed by atoms with Crippen molar-refractivity contribution in [3.8, 4) is 11.5 Å². The van der Waals surface area contributed by atoms with Crippen LogP contribution < -0.4 is 4.74 Å². The lowest BCUT2D eigenvalue weighted by Crippen LogP contribution is -2.21. The summed E-state index contributed by atoms with van der Waals surface area (Å²) >= 11 is 17.5. The summed E-state index contributed by atoms with van der Waals surface area (Å²) in [5, 5.41) is 0. The lowest BCUT2D eigenvalue weighted by Gasteiger charge is -2.10. The average Bonchev–Trinajstić information content (AvgIpc) is 3.24. The smallest absolute Gasteiger partial charge is 0.328 e. The van der Waals surface area contributed by atoms with Crippen molar-refractivity contribution < 1.29 is 14.3 Å². The molecule has 25 heavy (non-hydrogen) atoms. The molecule has 3 nitrogen and oxygen atoms in total. The normalized spacial score (nSPS) is 21.3. The zero-order valence-electron chi connectivity index (χ0n) is 13.1. The van der Waals surface area contributed by atoms with Crippen LogP contribution in [0.4, 0.5) is 0 Å². The molecule has 0 aromatic heterocycles. The maximum Gasteiger partial charge on any atom is 0.328 e. The van der Waals surface area contributed by atoms with Crippen LogP contribution in [0.25, 0.3) is 0 Å². The fourth-order valence-corrected chi connectivity index (χ4v) is 3.02. The number of halogens is 3. The van der Waals surface area contributed by atoms with Crippen LogP contribution in [-0.4, -0.2) is 10.8 Å². The van der Waals surface area contributed by atoms with Gasteiger partial charge in [-0.1, -0.05) is 53.5 Å². The van der Waals surface area contributed by atoms with E-state index in [9.17, 15) is 4.79 Å². The summed E-state index contributed by atoms with van der Waals surface area (Å²) in [6.07, 6.45) is 2.03. The Hall–Kier alpha value is -1.68. The van der Waals surface area contributed by atoms with E-state index in [1.165, 1.54) is 0 Å². The van der Waals surface area contributed by atoms with Gasteiger partial charge in [0.05, 0.1) is 0 Å². The maximum absolute atomic E-state index is 12.2. The van der Waals surface area contributed by atoms with Crippen molar-refractivity contribution in [1.29, 1.82) is 0 Å². The molecular weight excluding hydrogens is 383 g/mol. The largest absolute Gasteiger partial charge is 0.459 e. The van der Waals surface area contributed by atoms with Gasteiger partial charge in [0.2, 0.25) is 0 Å². The van der Waals surface area contributed by atoms with E-state index in [4.69, 9.17) is 44.3 Å². The van der Waals surface area contributed by atoms with Crippen molar-refractivity contribution in [3.05, 3.63) is 70.7 Å². The zero-order chi connectivity index (χ0) is 17.9. The predicted molar refractivity (Wildman–Crippen MR) is 99.2 cm³/mol. The standard InChI is InChI=1S/C19H15Cl3O3/c20-17(21)10-14-11-19(14,22)18(23)24-12-13-5-4-8-16(9-13)25-15-6-2-1-3-7-15/h1-10,14H,11-12H2. The van der Waals surface area contributed by atoms with E-state index in [1.54, 1.807) is 6.08 Å². The van der Waals surface area contributed by atoms with Gasteiger partial charge in [0, 0.05) is 5.92 Å². The van der Waals surface area contributed by atoms with E-state index in [0.717, 1.165) is 11.3 Å². The molecule has 0 radical (unpaired) electrons. The molecule has 130 valence electrons. The lowest BCUT2D eigenvalue weighted by atomic mass is 10.2. The Morgan fingerprint density at radius 3 is 2.56 bits per heavy atom. The van der Waals surface area contributed by atoms with Crippen LogP contribution in [0, 0.1) is 5.92 Å². The van der Waals surface area contributed by atoms with Gasteiger partial charge in [0.1, 0.15) is 27.5 Å². The molecule has 1 aliphatic rings. The maximum atomic E-state index is 12.2. The molecule has 1 fully saturated rings. The first kappa shape index (κ1) is 18.1. The number of allylic oxidation sites excluding steroid dienone is 1. The van der Waals surface area contributed by atoms with Crippen LogP contribution in [0.5, 0.6) is 11.5 Å². The molecule has 3 rings (SSSR count). The van der Waals surface area contributed by atoms with Crippen molar-refractivity contribution in [2.75, 3.05) is 0 Å². The van der Waals surface area contributed by atoms with Crippen molar-refractivity contribution in [1.82, 2.24) is 0 Å². The van der Waals surface area contributed by atoms with E-state index in [1.807, 2.05) is 54.6 Å². The molecule has 0 aliphatic heterocycles. The van der Waals surface area contributed by atoms with Crippen LogP contribution in [0.3, 0.4) is 0 Å². The first-order valence-corrected chi connectivity index (χ1v) is 8.81. The minimum absolute atomic E-state index is 0.103. The molecule has 0 spiro atoms. The summed E-state index contributed by atoms with van der Waals surface area (Å²) in [6, 6.07) is 16.8. The van der Waals surface area contributed by atoms with Gasteiger partial charge in [0.15, 0.2) is 0 Å². The summed E-state index contributed by atoms with van der Waals surface area (Å²) in [5.74, 6) is 0.738. The summed E-state index contributed by atoms with van der Waals surface area (Å²) in [4.78, 5) is 11.1. The highest BCUT2D eigenvalue weighted by molar-refractivity contribution is 6.56. The van der Waals surface area contributed by atoms with Crippen molar-refractivity contribution >= 4 is 40.8 Å². The molecule has 2 aromatic carbocycles. The number of ether oxygens (including phenoxy) is 2. The third-order valence-corrected chi connectivity index (χ3v) is 4.70. The van der Waals surface area contributed by atoms with Gasteiger partial charge in [-0.05, 0) is 42.3 Å². The fourth-order valence-electron chi connectivity index (χ4n) is 2.43. The second kappa shape index (κ2) is 7.69. The highest BCUT2D eigenvalue weighted by Crippen LogP contribution is 2.52. The minimum Gasteiger partial charge on any atom is -0.459 e. The number of hydrogen-bond donors (Lipinski definition) is 0. The monoisotopic (exact) mass is 396 g/mol. The van der Waals surface area contributed by atoms with Crippen molar-refractivity contribution in [2.45, 2.75) is 17.9 Å². The average molecular weight is 398 g/mol. The second-order valence-electron chi connectivity index (χ2n) is 5.77. The first-order chi connectivity index (χ1) is 12.0. The Morgan fingerprint density at radius 2 is 1.84 bits per heavy atom. The Kier molecular flexibility index (Phi) is 5.57. The van der Waals surface area contributed by atoms with Crippen molar-refractivity contribution in [2.24, 2.45) is 5.92 Å². The quantitative estimate of drug-likeness (QED) is 0.454. The predicted octanol–water partition coefficient (Wildman–Crippen LogP) is 5.84. The topological polar surface area (TPSA) is 35.5 Å². The molecule has 0 heterocycles. The Balaban J connectivity index is 1.58. The molecule has 1 aliphatic carbocycles. The van der Waals surface area contributed by atoms with Gasteiger partial charge in [-0.3, -0.25) is 4.79 Å². The molecule has 6 heteroatoms. The lowest BCUT2D eigenvalue weighted by molar-refractivity contribution is -0.145. The highest BCUT2D eigenvalue weighted by atomic mass is 35.5. The van der Waals surface area contributed by atoms with Crippen LogP contribution in [0.2, 0.25) is 0 Å². The van der Waals surface area contributed by atoms with Crippen molar-refractivity contribution in [3.63, 3.8) is 0 Å². The van der Waals surface area contributed by atoms with Crippen LogP contribution in [0.15, 0.2) is 65.2 Å². The Labute approximate surface area is 161 Å². The number of benzene rings is 2. The number of carbonyl (C=O) groups is 1. The molecular formula is C19H15Cl3O3. The number of para-hydroxylation sites is 1. The van der Waals surface area contributed by atoms with Gasteiger partial charge in [-0.2, -0.15) is 0 Å². The molecule has 1 saturated carbocycles. The van der Waals surface area contributed by atoms with E-state index >= 15 is 0 Å². The molecule has 0 bridgehead atoms. The van der Waals surface area contributed by atoms with E-state index in [2.05, 4.69) is 0 Å². The Morgan fingerprint density at radius 1 is 1.12 bits per heavy atom. The first-order valence-electron chi connectivity index (χ1n) is 7.68. The van der Waals surface area contributed by atoms with Gasteiger partial charge >= 0.3 is 5.97 Å². The van der Waals surface area contributed by atoms with Crippen LogP contribution in [-0.2, 0) is 16.1 Å². The second-order valence-corrected chi connectivity index (χ2v) is 7.45. The fraction of sp³-hybridized carbons (Fsp3) is 0.211. The van der Waals surface area contributed by atoms with E-state index in [-0.39, 0.29) is 17.0 Å². The molecule has 2 atom stereocenters. The van der Waals surface area contributed by atoms with Crippen LogP contribution in [0.1, 0.15) is 12.0 Å². The molecule has 0 amide bonds. The number of rotatable bonds is 6. The molecule has 2 aromatic rings. The third-order valence-electron chi connectivity index (χ3n) is 3.86. The summed E-state index contributed by atoms with van der Waals surface area (Å²) in [5.41, 5.74) is 0.810. The third kappa shape index (κ3) is 4.69. The number of carbonyl (C=O) groups excluding carboxylic acids is 1. The SMILES string of the molecule is O=C(OCc1cccc(Oc2ccccc2)c1)C1(Cl)CC1C=C(Cl)Cl. The molecule has 2 unspecified atom stereocenters. The summed E-state index contributed by atoms with van der Waals surface area (Å²) in [6.45, 7) is 0.115. The molecule has 0 N–H and O–H groups in total. The number of hydrogen-bond acceptors (Lipinski definition) is 3. The van der Waals surface area contributed by atoms with Crippen LogP contribution >= 0.6 is 34.8 Å². The summed E-state index contributed by atoms with van der Waals surface area (Å²) < 4.78 is 11.2. The van der Waals surface area contributed by atoms with Gasteiger partial charge in [0.25, 0.3) is 0 Å². The summed E-state index contributed by atoms with van der Waals surface area (Å²) in [7, 11) is 0. The number of alkyl halides is 1. The highest BCUT2D eigenvalue weighted by Gasteiger charge is 2.59. The minimum atomic E-state index is -1.06. The van der Waals surface area contributed by atoms with E-state index in [0.29, 0.717) is 12.2 Å². The molecule has 0 saturated heterocycles. The van der Waals surface area contributed by atoms with Gasteiger partial charge in [-0.25, -0.2) is 0 Å². The number of esters is 1.